The van der Waals surface area contributed by atoms with Crippen molar-refractivity contribution in [3.63, 3.8) is 0 Å². The van der Waals surface area contributed by atoms with Crippen molar-refractivity contribution in [2.45, 2.75) is 10.8 Å². The first kappa shape index (κ1) is 33.9. The summed E-state index contributed by atoms with van der Waals surface area (Å²) in [5.41, 5.74) is 13.3. The number of nitrogens with zero attached hydrogens (tertiary/aromatic N) is 1. The van der Waals surface area contributed by atoms with E-state index < -0.39 is 10.8 Å². The van der Waals surface area contributed by atoms with Crippen molar-refractivity contribution >= 4 is 39.0 Å². The topological polar surface area (TPSA) is 16.4 Å². The van der Waals surface area contributed by atoms with Crippen LogP contribution in [0.2, 0.25) is 0 Å². The Kier molecular flexibility index (Phi) is 7.97. The van der Waals surface area contributed by atoms with Gasteiger partial charge in [0.2, 0.25) is 0 Å². The van der Waals surface area contributed by atoms with Crippen LogP contribution in [0.25, 0.3) is 21.9 Å². The highest BCUT2D eigenvalue weighted by molar-refractivity contribution is 6.09. The van der Waals surface area contributed by atoms with Gasteiger partial charge in [-0.15, -0.1) is 0 Å². The average Bonchev–Trinajstić information content (AvgIpc) is 3.69. The van der Waals surface area contributed by atoms with Crippen molar-refractivity contribution in [1.29, 1.82) is 0 Å². The van der Waals surface area contributed by atoms with Crippen LogP contribution in [-0.2, 0) is 10.8 Å². The summed E-state index contributed by atoms with van der Waals surface area (Å²) < 4.78 is 7.07. The molecule has 0 radical (unpaired) electrons. The monoisotopic (exact) mass is 741 g/mol. The lowest BCUT2D eigenvalue weighted by atomic mass is 9.62. The van der Waals surface area contributed by atoms with Gasteiger partial charge >= 0.3 is 0 Å². The van der Waals surface area contributed by atoms with E-state index in [1.807, 2.05) is 0 Å². The minimum Gasteiger partial charge on any atom is -0.456 e. The average molecular weight is 742 g/mol. The largest absolute Gasteiger partial charge is 0.456 e. The van der Waals surface area contributed by atoms with Crippen LogP contribution in [0, 0.1) is 0 Å². The molecule has 11 rings (SSSR count). The first-order valence-corrected chi connectivity index (χ1v) is 20.0. The Morgan fingerprint density at radius 1 is 0.379 bits per heavy atom. The van der Waals surface area contributed by atoms with E-state index in [-0.39, 0.29) is 0 Å². The van der Waals surface area contributed by atoms with Gasteiger partial charge in [0, 0.05) is 22.0 Å². The third-order valence-corrected chi connectivity index (χ3v) is 12.3. The van der Waals surface area contributed by atoms with Gasteiger partial charge in [-0.3, -0.25) is 0 Å². The molecule has 9 aromatic carbocycles. The lowest BCUT2D eigenvalue weighted by molar-refractivity contribution is 0.645. The summed E-state index contributed by atoms with van der Waals surface area (Å²) in [6.07, 6.45) is 0. The number of benzene rings is 9. The second-order valence-corrected chi connectivity index (χ2v) is 15.2. The van der Waals surface area contributed by atoms with Crippen molar-refractivity contribution in [2.24, 2.45) is 0 Å². The zero-order valence-electron chi connectivity index (χ0n) is 31.9. The van der Waals surface area contributed by atoms with Gasteiger partial charge in [0.15, 0.2) is 0 Å². The Morgan fingerprint density at radius 2 is 0.793 bits per heavy atom. The van der Waals surface area contributed by atoms with Crippen molar-refractivity contribution in [1.82, 2.24) is 0 Å². The highest BCUT2D eigenvalue weighted by Gasteiger charge is 2.47. The molecule has 0 saturated carbocycles. The maximum atomic E-state index is 7.07. The van der Waals surface area contributed by atoms with E-state index in [4.69, 9.17) is 4.42 Å². The maximum Gasteiger partial charge on any atom is 0.140 e. The normalized spacial score (nSPS) is 13.3. The Bertz CT molecular complexity index is 2860. The number of fused-ring (bicyclic) bond motifs is 5. The molecule has 2 heteroatoms. The van der Waals surface area contributed by atoms with E-state index in [1.54, 1.807) is 0 Å². The molecule has 10 aromatic rings. The smallest absolute Gasteiger partial charge is 0.140 e. The van der Waals surface area contributed by atoms with Crippen molar-refractivity contribution in [3.8, 4) is 0 Å². The summed E-state index contributed by atoms with van der Waals surface area (Å²) in [6.45, 7) is 0. The third kappa shape index (κ3) is 4.92. The van der Waals surface area contributed by atoms with E-state index in [2.05, 4.69) is 241 Å². The fourth-order valence-corrected chi connectivity index (χ4v) is 9.94. The Labute approximate surface area is 338 Å². The lowest BCUT2D eigenvalue weighted by Crippen LogP contribution is -2.37. The minimum atomic E-state index is -0.738. The van der Waals surface area contributed by atoms with Gasteiger partial charge < -0.3 is 9.32 Å². The minimum absolute atomic E-state index is 0.566. The second-order valence-electron chi connectivity index (χ2n) is 15.2. The zero-order valence-corrected chi connectivity index (χ0v) is 31.9. The molecular formula is C56H39NO. The molecule has 1 aliphatic heterocycles. The standard InChI is InChI=1S/C56H39NO/c1-6-22-40(23-7-1)55(41-24-8-2-9-25-41,42-26-10-3-11-27-42)50-39-45(38-47-46-32-16-21-37-53(46)58-54(47)50)57-51-35-19-17-33-48(51)56(43-28-12-4-13-29-43,44-30-14-5-15-31-44)49-34-18-20-36-52(49)57/h1-39H. The molecule has 274 valence electrons. The van der Waals surface area contributed by atoms with Gasteiger partial charge in [0.1, 0.15) is 11.2 Å². The van der Waals surface area contributed by atoms with Crippen molar-refractivity contribution in [2.75, 3.05) is 4.90 Å². The van der Waals surface area contributed by atoms with E-state index >= 15 is 0 Å². The molecule has 0 spiro atoms. The SMILES string of the molecule is c1ccc(C2(c3ccccc3)c3ccccc3N(c3cc(C(c4ccccc4)(c4ccccc4)c4ccccc4)c4oc5ccccc5c4c3)c3ccccc32)cc1. The fraction of sp³-hybridized carbons (Fsp3) is 0.0357. The molecule has 58 heavy (non-hydrogen) atoms. The predicted octanol–water partition coefficient (Wildman–Crippen LogP) is 14.1. The fourth-order valence-electron chi connectivity index (χ4n) is 9.94. The molecule has 0 saturated heterocycles. The molecule has 1 aromatic heterocycles. The number of hydrogen-bond acceptors (Lipinski definition) is 2. The summed E-state index contributed by atoms with van der Waals surface area (Å²) in [5, 5.41) is 2.17. The molecule has 0 unspecified atom stereocenters. The van der Waals surface area contributed by atoms with Gasteiger partial charge in [0.25, 0.3) is 0 Å². The summed E-state index contributed by atoms with van der Waals surface area (Å²) in [5.74, 6) is 0. The van der Waals surface area contributed by atoms with Crippen LogP contribution in [0.5, 0.6) is 0 Å². The van der Waals surface area contributed by atoms with E-state index in [1.165, 1.54) is 22.3 Å². The predicted molar refractivity (Wildman–Crippen MR) is 239 cm³/mol. The molecule has 0 bridgehead atoms. The molecule has 0 aliphatic carbocycles. The maximum absolute atomic E-state index is 7.07. The van der Waals surface area contributed by atoms with Crippen molar-refractivity contribution < 1.29 is 4.42 Å². The first-order chi connectivity index (χ1) is 28.8. The quantitative estimate of drug-likeness (QED) is 0.151. The van der Waals surface area contributed by atoms with Crippen LogP contribution < -0.4 is 4.90 Å². The van der Waals surface area contributed by atoms with Crippen LogP contribution in [0.1, 0.15) is 44.5 Å². The van der Waals surface area contributed by atoms with Crippen LogP contribution in [0.15, 0.2) is 241 Å². The highest BCUT2D eigenvalue weighted by atomic mass is 16.3. The molecule has 2 heterocycles. The van der Waals surface area contributed by atoms with Gasteiger partial charge in [-0.25, -0.2) is 0 Å². The van der Waals surface area contributed by atoms with E-state index in [0.29, 0.717) is 0 Å². The highest BCUT2D eigenvalue weighted by Crippen LogP contribution is 2.59. The molecule has 0 N–H and O–H groups in total. The Balaban J connectivity index is 1.29. The molecule has 2 nitrogen and oxygen atoms in total. The Morgan fingerprint density at radius 3 is 1.29 bits per heavy atom. The first-order valence-electron chi connectivity index (χ1n) is 20.0. The Hall–Kier alpha value is -7.42. The van der Waals surface area contributed by atoms with Crippen LogP contribution in [0.4, 0.5) is 17.1 Å². The van der Waals surface area contributed by atoms with Gasteiger partial charge in [-0.05, 0) is 69.3 Å². The number of para-hydroxylation sites is 3. The molecule has 0 amide bonds. The van der Waals surface area contributed by atoms with Gasteiger partial charge in [0.05, 0.1) is 22.2 Å². The lowest BCUT2D eigenvalue weighted by Gasteiger charge is -2.46. The van der Waals surface area contributed by atoms with Gasteiger partial charge in [-0.2, -0.15) is 0 Å². The molecule has 0 fully saturated rings. The zero-order chi connectivity index (χ0) is 38.5. The number of hydrogen-bond donors (Lipinski definition) is 0. The van der Waals surface area contributed by atoms with Gasteiger partial charge in [-0.1, -0.05) is 206 Å². The molecular weight excluding hydrogens is 703 g/mol. The number of furan rings is 1. The molecule has 1 aliphatic rings. The summed E-state index contributed by atoms with van der Waals surface area (Å²) in [7, 11) is 0. The van der Waals surface area contributed by atoms with Crippen LogP contribution in [0.3, 0.4) is 0 Å². The number of anilines is 3. The summed E-state index contributed by atoms with van der Waals surface area (Å²) in [6, 6.07) is 86.0. The van der Waals surface area contributed by atoms with E-state index in [9.17, 15) is 0 Å². The van der Waals surface area contributed by atoms with E-state index in [0.717, 1.165) is 61.3 Å². The second kappa shape index (κ2) is 13.7. The van der Waals surface area contributed by atoms with Crippen molar-refractivity contribution in [3.05, 3.63) is 281 Å². The number of rotatable bonds is 7. The van der Waals surface area contributed by atoms with Crippen LogP contribution >= 0.6 is 0 Å². The summed E-state index contributed by atoms with van der Waals surface area (Å²) in [4.78, 5) is 2.49. The van der Waals surface area contributed by atoms with Crippen LogP contribution in [-0.4, -0.2) is 0 Å². The third-order valence-electron chi connectivity index (χ3n) is 12.3. The summed E-state index contributed by atoms with van der Waals surface area (Å²) >= 11 is 0. The molecule has 0 atom stereocenters.